The van der Waals surface area contributed by atoms with Crippen LogP contribution in [-0.4, -0.2) is 156 Å². The zero-order chi connectivity index (χ0) is 45.4. The second-order valence-corrected chi connectivity index (χ2v) is 16.8. The normalized spacial score (nSPS) is 21.2. The number of ether oxygens (including phenoxy) is 6. The lowest BCUT2D eigenvalue weighted by atomic mass is 9.92. The summed E-state index contributed by atoms with van der Waals surface area (Å²) in [5.74, 6) is -1.57. The number of likely N-dealkylation sites (tertiary alicyclic amines) is 1. The summed E-state index contributed by atoms with van der Waals surface area (Å²) in [6.45, 7) is 10.8. The Morgan fingerprint density at radius 3 is 2.26 bits per heavy atom. The van der Waals surface area contributed by atoms with E-state index in [1.807, 2.05) is 34.6 Å². The third kappa shape index (κ3) is 17.0. The van der Waals surface area contributed by atoms with Crippen LogP contribution >= 0.6 is 0 Å². The maximum atomic E-state index is 13.2. The minimum Gasteiger partial charge on any atom is -0.462 e. The van der Waals surface area contributed by atoms with Gasteiger partial charge >= 0.3 is 5.97 Å². The SMILES string of the molecule is CCCCC(=O)NCC1(OCC(=O)NCCC(=O)NCc2cc(COC(C)=O)ccc2O[C@@H]2O[C@H](CO)[C@H](O)[C@H](O)[C@H]2O)CN(C(=O)CCC(C)(C)OCCC(C)(C)OC)C1. The van der Waals surface area contributed by atoms with E-state index in [0.717, 1.165) is 12.8 Å². The highest BCUT2D eigenvalue weighted by Gasteiger charge is 2.47. The first-order chi connectivity index (χ1) is 28.7. The molecule has 3 rings (SSSR count). The molecule has 0 bridgehead atoms. The molecular formula is C42H68N4O15. The Hall–Kier alpha value is -3.95. The Morgan fingerprint density at radius 1 is 0.902 bits per heavy atom. The maximum absolute atomic E-state index is 13.2. The topological polar surface area (TPSA) is 261 Å². The zero-order valence-electron chi connectivity index (χ0n) is 36.7. The molecule has 0 saturated carbocycles. The van der Waals surface area contributed by atoms with Gasteiger partial charge in [-0.05, 0) is 64.7 Å². The number of amides is 4. The van der Waals surface area contributed by atoms with Crippen molar-refractivity contribution in [2.75, 3.05) is 53.1 Å². The molecule has 0 unspecified atom stereocenters. The first kappa shape index (κ1) is 51.4. The molecule has 1 aromatic carbocycles. The Bertz CT molecular complexity index is 1600. The van der Waals surface area contributed by atoms with Gasteiger partial charge in [0.1, 0.15) is 49.0 Å². The molecule has 61 heavy (non-hydrogen) atoms. The van der Waals surface area contributed by atoms with Gasteiger partial charge in [-0.2, -0.15) is 0 Å². The number of carbonyl (C=O) groups excluding carboxylic acids is 5. The largest absolute Gasteiger partial charge is 0.462 e. The summed E-state index contributed by atoms with van der Waals surface area (Å²) in [6, 6.07) is 4.67. The van der Waals surface area contributed by atoms with E-state index in [1.165, 1.54) is 13.0 Å². The number of benzene rings is 1. The highest BCUT2D eigenvalue weighted by Crippen LogP contribution is 2.29. The smallest absolute Gasteiger partial charge is 0.302 e. The number of aliphatic hydroxyl groups is 4. The van der Waals surface area contributed by atoms with Crippen molar-refractivity contribution < 1.29 is 72.8 Å². The van der Waals surface area contributed by atoms with Gasteiger partial charge in [0.25, 0.3) is 0 Å². The van der Waals surface area contributed by atoms with E-state index < -0.39 is 66.3 Å². The molecule has 2 aliphatic rings. The fourth-order valence-electron chi connectivity index (χ4n) is 6.40. The van der Waals surface area contributed by atoms with E-state index in [0.29, 0.717) is 37.0 Å². The van der Waals surface area contributed by atoms with Gasteiger partial charge < -0.3 is 69.7 Å². The predicted molar refractivity (Wildman–Crippen MR) is 219 cm³/mol. The second-order valence-electron chi connectivity index (χ2n) is 16.8. The molecule has 2 aliphatic heterocycles. The van der Waals surface area contributed by atoms with Crippen molar-refractivity contribution in [3.05, 3.63) is 29.3 Å². The molecule has 0 aliphatic carbocycles. The average Bonchev–Trinajstić information content (AvgIpc) is 3.20. The van der Waals surface area contributed by atoms with Crippen LogP contribution in [0, 0.1) is 0 Å². The van der Waals surface area contributed by atoms with Crippen molar-refractivity contribution in [1.82, 2.24) is 20.9 Å². The first-order valence-corrected chi connectivity index (χ1v) is 20.9. The van der Waals surface area contributed by atoms with Crippen LogP contribution in [0.3, 0.4) is 0 Å². The van der Waals surface area contributed by atoms with E-state index in [4.69, 9.17) is 28.4 Å². The summed E-state index contributed by atoms with van der Waals surface area (Å²) < 4.78 is 33.9. The number of esters is 1. The fourth-order valence-corrected chi connectivity index (χ4v) is 6.40. The lowest BCUT2D eigenvalue weighted by Gasteiger charge is -2.49. The number of unbranched alkanes of at least 4 members (excludes halogenated alkanes) is 1. The first-order valence-electron chi connectivity index (χ1n) is 20.9. The molecule has 2 saturated heterocycles. The van der Waals surface area contributed by atoms with Crippen LogP contribution in [0.4, 0.5) is 0 Å². The van der Waals surface area contributed by atoms with Crippen LogP contribution < -0.4 is 20.7 Å². The Labute approximate surface area is 358 Å². The quantitative estimate of drug-likeness (QED) is 0.0620. The van der Waals surface area contributed by atoms with Crippen LogP contribution in [-0.2, 0) is 60.8 Å². The zero-order valence-corrected chi connectivity index (χ0v) is 36.7. The number of aliphatic hydroxyl groups excluding tert-OH is 4. The molecule has 5 atom stereocenters. The van der Waals surface area contributed by atoms with Crippen molar-refractivity contribution in [2.45, 2.75) is 147 Å². The Morgan fingerprint density at radius 2 is 1.61 bits per heavy atom. The van der Waals surface area contributed by atoms with Crippen molar-refractivity contribution in [3.63, 3.8) is 0 Å². The molecule has 2 heterocycles. The summed E-state index contributed by atoms with van der Waals surface area (Å²) in [4.78, 5) is 64.4. The van der Waals surface area contributed by atoms with Crippen LogP contribution in [0.5, 0.6) is 5.75 Å². The van der Waals surface area contributed by atoms with Gasteiger partial charge in [-0.3, -0.25) is 24.0 Å². The predicted octanol–water partition coefficient (Wildman–Crippen LogP) is 0.345. The van der Waals surface area contributed by atoms with Crippen LogP contribution in [0.25, 0.3) is 0 Å². The van der Waals surface area contributed by atoms with Crippen LogP contribution in [0.2, 0.25) is 0 Å². The highest BCUT2D eigenvalue weighted by atomic mass is 16.7. The number of hydrogen-bond donors (Lipinski definition) is 7. The molecular weight excluding hydrogens is 800 g/mol. The molecule has 19 nitrogen and oxygen atoms in total. The third-order valence-electron chi connectivity index (χ3n) is 10.7. The van der Waals surface area contributed by atoms with Crippen LogP contribution in [0.15, 0.2) is 18.2 Å². The third-order valence-corrected chi connectivity index (χ3v) is 10.7. The summed E-state index contributed by atoms with van der Waals surface area (Å²) in [7, 11) is 1.66. The average molecular weight is 869 g/mol. The van der Waals surface area contributed by atoms with Gasteiger partial charge in [-0.1, -0.05) is 19.4 Å². The number of nitrogens with zero attached hydrogens (tertiary/aromatic N) is 1. The van der Waals surface area contributed by atoms with Crippen molar-refractivity contribution in [3.8, 4) is 5.75 Å². The Kier molecular flexibility index (Phi) is 20.3. The summed E-state index contributed by atoms with van der Waals surface area (Å²) in [5, 5.41) is 48.6. The van der Waals surface area contributed by atoms with Gasteiger partial charge in [0.05, 0.1) is 44.1 Å². The van der Waals surface area contributed by atoms with Gasteiger partial charge in [-0.15, -0.1) is 0 Å². The minimum atomic E-state index is -1.67. The lowest BCUT2D eigenvalue weighted by molar-refractivity contribution is -0.277. The van der Waals surface area contributed by atoms with Gasteiger partial charge in [0.2, 0.25) is 29.9 Å². The molecule has 0 aromatic heterocycles. The number of hydrogen-bond acceptors (Lipinski definition) is 15. The van der Waals surface area contributed by atoms with Crippen molar-refractivity contribution >= 4 is 29.6 Å². The molecule has 7 N–H and O–H groups in total. The Balaban J connectivity index is 1.53. The number of carbonyl (C=O) groups is 5. The summed E-state index contributed by atoms with van der Waals surface area (Å²) in [6.07, 6.45) is -4.37. The second kappa shape index (κ2) is 24.0. The number of methoxy groups -OCH3 is 1. The van der Waals surface area contributed by atoms with E-state index in [1.54, 1.807) is 24.1 Å². The molecule has 19 heteroatoms. The standard InChI is InChI=1S/C42H68N4O15/c1-8-9-10-32(49)45-24-42(25-46(26-42)35(52)13-15-41(5,6)58-18-16-40(3,4)56-7)59-23-34(51)43-17-14-33(50)44-20-29-19-28(22-57-27(2)48)11-12-30(29)60-39-38(55)37(54)36(53)31(21-47)61-39/h11-12,19,31,36-39,47,53-55H,8-10,13-18,20-26H2,1-7H3,(H,43,51)(H,44,50)(H,45,49)/t31-,36+,37+,38-,39-/m1/s1. The monoisotopic (exact) mass is 868 g/mol. The molecule has 1 aromatic rings. The molecule has 4 amide bonds. The van der Waals surface area contributed by atoms with Crippen molar-refractivity contribution in [2.24, 2.45) is 0 Å². The number of rotatable bonds is 26. The number of nitrogens with one attached hydrogen (secondary N) is 3. The minimum absolute atomic E-state index is 0.0407. The van der Waals surface area contributed by atoms with E-state index >= 15 is 0 Å². The molecule has 0 spiro atoms. The van der Waals surface area contributed by atoms with E-state index in [9.17, 15) is 44.4 Å². The summed E-state index contributed by atoms with van der Waals surface area (Å²) in [5.41, 5.74) is -0.888. The van der Waals surface area contributed by atoms with Gasteiger partial charge in [-0.25, -0.2) is 0 Å². The van der Waals surface area contributed by atoms with Gasteiger partial charge in [0, 0.05) is 51.9 Å². The fraction of sp³-hybridized carbons (Fsp3) is 0.738. The highest BCUT2D eigenvalue weighted by molar-refractivity contribution is 5.80. The van der Waals surface area contributed by atoms with Crippen molar-refractivity contribution in [1.29, 1.82) is 0 Å². The molecule has 346 valence electrons. The van der Waals surface area contributed by atoms with Gasteiger partial charge in [0.15, 0.2) is 0 Å². The lowest BCUT2D eigenvalue weighted by Crippen LogP contribution is -2.69. The summed E-state index contributed by atoms with van der Waals surface area (Å²) >= 11 is 0. The van der Waals surface area contributed by atoms with Crippen LogP contribution in [0.1, 0.15) is 97.6 Å². The van der Waals surface area contributed by atoms with E-state index in [2.05, 4.69) is 16.0 Å². The molecule has 2 fully saturated rings. The maximum Gasteiger partial charge on any atom is 0.302 e. The molecule has 0 radical (unpaired) electrons. The van der Waals surface area contributed by atoms with E-state index in [-0.39, 0.29) is 81.9 Å².